The van der Waals surface area contributed by atoms with Crippen molar-refractivity contribution in [3.8, 4) is 0 Å². The van der Waals surface area contributed by atoms with Crippen molar-refractivity contribution in [3.05, 3.63) is 99.9 Å². The van der Waals surface area contributed by atoms with Crippen LogP contribution in [0, 0.1) is 6.92 Å². The molecular weight excluding hydrogens is 576 g/mol. The van der Waals surface area contributed by atoms with Gasteiger partial charge in [0.15, 0.2) is 13.1 Å². The van der Waals surface area contributed by atoms with Crippen LogP contribution in [0.2, 0.25) is 0 Å². The molecule has 0 saturated carbocycles. The summed E-state index contributed by atoms with van der Waals surface area (Å²) in [4.78, 5) is 17.8. The second-order valence-electron chi connectivity index (χ2n) is 13.0. The monoisotopic (exact) mass is 618 g/mol. The zero-order valence-electron chi connectivity index (χ0n) is 27.1. The summed E-state index contributed by atoms with van der Waals surface area (Å²) in [6.45, 7) is 13.3. The predicted molar refractivity (Wildman–Crippen MR) is 183 cm³/mol. The summed E-state index contributed by atoms with van der Waals surface area (Å²) < 4.78 is 11.4. The van der Waals surface area contributed by atoms with Gasteiger partial charge in [0.25, 0.3) is 0 Å². The van der Waals surface area contributed by atoms with Crippen molar-refractivity contribution < 1.29 is 19.7 Å². The minimum Gasteiger partial charge on any atom is -0.396 e. The number of nitrogens with one attached hydrogen (secondary N) is 2. The third kappa shape index (κ3) is 5.00. The Morgan fingerprint density at radius 1 is 0.891 bits per heavy atom. The molecule has 238 valence electrons. The van der Waals surface area contributed by atoms with Gasteiger partial charge in [-0.25, -0.2) is 9.97 Å². The maximum atomic E-state index is 9.76. The van der Waals surface area contributed by atoms with Gasteiger partial charge in [-0.15, -0.1) is 0 Å². The van der Waals surface area contributed by atoms with E-state index in [1.165, 1.54) is 5.57 Å². The second kappa shape index (κ2) is 11.9. The predicted octanol–water partition coefficient (Wildman–Crippen LogP) is 7.09. The number of aromatic nitrogens is 4. The van der Waals surface area contributed by atoms with Crippen LogP contribution >= 0.6 is 0 Å². The lowest BCUT2D eigenvalue weighted by Gasteiger charge is -2.36. The van der Waals surface area contributed by atoms with Crippen LogP contribution in [0.1, 0.15) is 91.7 Å². The normalized spacial score (nSPS) is 20.3. The first-order chi connectivity index (χ1) is 22.2. The van der Waals surface area contributed by atoms with E-state index in [2.05, 4.69) is 80.7 Å². The van der Waals surface area contributed by atoms with E-state index in [0.717, 1.165) is 103 Å². The summed E-state index contributed by atoms with van der Waals surface area (Å²) >= 11 is 0. The Balaban J connectivity index is 1.56. The molecule has 0 amide bonds. The van der Waals surface area contributed by atoms with Crippen LogP contribution in [-0.2, 0) is 21.3 Å². The van der Waals surface area contributed by atoms with Crippen molar-refractivity contribution >= 4 is 38.9 Å². The van der Waals surface area contributed by atoms with E-state index in [0.29, 0.717) is 19.6 Å². The highest BCUT2D eigenvalue weighted by Gasteiger charge is 2.42. The van der Waals surface area contributed by atoms with Crippen LogP contribution in [0.3, 0.4) is 0 Å². The lowest BCUT2D eigenvalue weighted by molar-refractivity contribution is -0.302. The molecule has 4 aliphatic heterocycles. The molecule has 8 heteroatoms. The van der Waals surface area contributed by atoms with E-state index >= 15 is 0 Å². The van der Waals surface area contributed by atoms with Crippen molar-refractivity contribution in [1.29, 1.82) is 0 Å². The molecule has 7 rings (SSSR count). The van der Waals surface area contributed by atoms with Gasteiger partial charge in [-0.2, -0.15) is 0 Å². The number of ether oxygens (including phenoxy) is 2. The molecule has 1 atom stereocenters. The number of aliphatic hydroxyl groups is 2. The van der Waals surface area contributed by atoms with Crippen LogP contribution in [0.25, 0.3) is 38.9 Å². The largest absolute Gasteiger partial charge is 0.396 e. The molecule has 1 saturated heterocycles. The molecule has 4 N–H and O–H groups in total. The first-order valence-electron chi connectivity index (χ1n) is 16.2. The van der Waals surface area contributed by atoms with Crippen molar-refractivity contribution in [2.45, 2.75) is 71.5 Å². The number of aliphatic hydroxyl groups excluding tert-OH is 2. The summed E-state index contributed by atoms with van der Waals surface area (Å²) in [5.74, 6) is 0. The minimum absolute atomic E-state index is 0.116. The summed E-state index contributed by atoms with van der Waals surface area (Å²) in [6, 6.07) is 8.60. The number of aromatic amines is 2. The molecule has 6 heterocycles. The molecule has 1 aliphatic carbocycles. The maximum Gasteiger partial charge on any atom is 0.185 e. The number of hydrogen-bond acceptors (Lipinski definition) is 6. The minimum atomic E-state index is -0.355. The molecule has 1 fully saturated rings. The Labute approximate surface area is 269 Å². The van der Waals surface area contributed by atoms with Gasteiger partial charge in [0.2, 0.25) is 0 Å². The number of aryl methyl sites for hydroxylation is 2. The topological polar surface area (TPSA) is 116 Å². The fraction of sp³-hybridized carbons (Fsp3) is 0.368. The molecule has 0 aromatic carbocycles. The lowest BCUT2D eigenvalue weighted by Crippen LogP contribution is -2.36. The molecule has 8 nitrogen and oxygen atoms in total. The molecule has 46 heavy (non-hydrogen) atoms. The van der Waals surface area contributed by atoms with E-state index in [1.54, 1.807) is 0 Å². The Morgan fingerprint density at radius 3 is 2.33 bits per heavy atom. The summed E-state index contributed by atoms with van der Waals surface area (Å²) in [7, 11) is 0. The Hall–Kier alpha value is -4.08. The van der Waals surface area contributed by atoms with Gasteiger partial charge in [-0.3, -0.25) is 0 Å². The zero-order chi connectivity index (χ0) is 32.2. The number of fused-ring (bicyclic) bond motifs is 11. The van der Waals surface area contributed by atoms with E-state index in [-0.39, 0.29) is 24.9 Å². The van der Waals surface area contributed by atoms with Crippen LogP contribution in [0.15, 0.2) is 54.6 Å². The van der Waals surface area contributed by atoms with E-state index < -0.39 is 0 Å². The molecule has 8 bridgehead atoms. The summed E-state index contributed by atoms with van der Waals surface area (Å²) in [5.41, 5.74) is 16.2. The molecule has 0 spiro atoms. The van der Waals surface area contributed by atoms with Crippen molar-refractivity contribution in [2.24, 2.45) is 0 Å². The van der Waals surface area contributed by atoms with Gasteiger partial charge in [0.1, 0.15) is 0 Å². The summed E-state index contributed by atoms with van der Waals surface area (Å²) in [5, 5.41) is 19.5. The van der Waals surface area contributed by atoms with Crippen LogP contribution in [0.4, 0.5) is 0 Å². The molecule has 0 radical (unpaired) electrons. The van der Waals surface area contributed by atoms with Gasteiger partial charge < -0.3 is 29.7 Å². The lowest BCUT2D eigenvalue weighted by atomic mass is 9.71. The van der Waals surface area contributed by atoms with Crippen molar-refractivity contribution in [3.63, 3.8) is 0 Å². The number of allylic oxidation sites excluding steroid dienone is 8. The molecule has 5 aliphatic rings. The number of nitrogens with zero attached hydrogens (tertiary/aromatic N) is 2. The average Bonchev–Trinajstić information content (AvgIpc) is 3.65. The molecule has 0 unspecified atom stereocenters. The van der Waals surface area contributed by atoms with Crippen molar-refractivity contribution in [2.75, 3.05) is 20.0 Å². The van der Waals surface area contributed by atoms with Crippen LogP contribution in [-0.4, -0.2) is 56.4 Å². The van der Waals surface area contributed by atoms with Gasteiger partial charge in [-0.1, -0.05) is 24.8 Å². The van der Waals surface area contributed by atoms with Gasteiger partial charge in [0.05, 0.1) is 22.8 Å². The van der Waals surface area contributed by atoms with Crippen LogP contribution < -0.4 is 0 Å². The van der Waals surface area contributed by atoms with Crippen LogP contribution in [0.5, 0.6) is 0 Å². The summed E-state index contributed by atoms with van der Waals surface area (Å²) in [6.07, 6.45) is 9.43. The molecular formula is C38H42N4O4. The Bertz CT molecular complexity index is 1950. The second-order valence-corrected chi connectivity index (χ2v) is 13.0. The zero-order valence-corrected chi connectivity index (χ0v) is 27.1. The first kappa shape index (κ1) is 30.6. The number of rotatable bonds is 8. The quantitative estimate of drug-likeness (QED) is 0.251. The van der Waals surface area contributed by atoms with Gasteiger partial charge in [0, 0.05) is 46.6 Å². The highest BCUT2D eigenvalue weighted by atomic mass is 16.8. The highest BCUT2D eigenvalue weighted by molar-refractivity contribution is 5.97. The van der Waals surface area contributed by atoms with E-state index in [9.17, 15) is 10.2 Å². The highest BCUT2D eigenvalue weighted by Crippen LogP contribution is 2.50. The first-order valence-corrected chi connectivity index (χ1v) is 16.2. The fourth-order valence-electron chi connectivity index (χ4n) is 7.38. The van der Waals surface area contributed by atoms with Crippen molar-refractivity contribution in [1.82, 2.24) is 19.9 Å². The van der Waals surface area contributed by atoms with Gasteiger partial charge >= 0.3 is 0 Å². The smallest absolute Gasteiger partial charge is 0.185 e. The third-order valence-corrected chi connectivity index (χ3v) is 10.2. The number of H-pyrrole nitrogens is 2. The standard InChI is InChI=1S/C38H42N4O4/c1-6-25-21(2)30-16-35-28-12-11-24(37-45-20-46-37)19-38(28,5)36(42-35)18-31-23(4)27(10-8-14-44)34(41-31)17-33-26(9-7-13-43)22(3)29(40-33)15-32(25)39-30/h6,11-12,15-18,37,40,42-44H,1,7-10,13-14,19-20H2,2-5H3/t38-/m1/s1. The fourth-order valence-corrected chi connectivity index (χ4v) is 7.38. The van der Waals surface area contributed by atoms with Gasteiger partial charge in [-0.05, 0) is 123 Å². The number of hydrogen-bond donors (Lipinski definition) is 4. The Kier molecular flexibility index (Phi) is 7.93. The average molecular weight is 619 g/mol. The maximum absolute atomic E-state index is 9.76. The molecule has 2 aromatic rings. The molecule has 2 aromatic heterocycles. The van der Waals surface area contributed by atoms with E-state index in [4.69, 9.17) is 19.4 Å². The van der Waals surface area contributed by atoms with E-state index in [1.807, 2.05) is 6.08 Å². The SMILES string of the molecule is C=CC1=C(C)c2cc3[nH]c(cc4nc(cc5[nH]c(cc1n2)c(C)c5CCCO)C(CCCO)=C4C)[C@]1(C)CC(C2OCO2)=CC=C31. The third-order valence-electron chi connectivity index (χ3n) is 10.2. The Morgan fingerprint density at radius 2 is 1.61 bits per heavy atom.